The van der Waals surface area contributed by atoms with Crippen molar-refractivity contribution in [1.82, 2.24) is 9.21 Å². The summed E-state index contributed by atoms with van der Waals surface area (Å²) >= 11 is 0. The van der Waals surface area contributed by atoms with Gasteiger partial charge >= 0.3 is 0 Å². The van der Waals surface area contributed by atoms with Crippen molar-refractivity contribution in [3.63, 3.8) is 0 Å². The lowest BCUT2D eigenvalue weighted by Crippen LogP contribution is -2.60. The quantitative estimate of drug-likeness (QED) is 0.771. The summed E-state index contributed by atoms with van der Waals surface area (Å²) in [7, 11) is -4.21. The SMILES string of the molecule is C[C@H]1CN2CCCC[C@H]2CN1S(=O)(=O)c1cc(F)c(F)cc1F. The third-order valence-electron chi connectivity index (χ3n) is 4.69. The number of piperazine rings is 1. The molecule has 1 aromatic rings. The average Bonchev–Trinajstić information content (AvgIpc) is 2.50. The van der Waals surface area contributed by atoms with Gasteiger partial charge in [-0.1, -0.05) is 6.42 Å². The van der Waals surface area contributed by atoms with Gasteiger partial charge in [-0.25, -0.2) is 21.6 Å². The molecule has 0 radical (unpaired) electrons. The lowest BCUT2D eigenvalue weighted by molar-refractivity contribution is 0.0563. The second kappa shape index (κ2) is 6.07. The van der Waals surface area contributed by atoms with Crippen LogP contribution >= 0.6 is 0 Å². The number of hydrogen-bond donors (Lipinski definition) is 0. The first-order valence-electron chi connectivity index (χ1n) is 7.71. The van der Waals surface area contributed by atoms with E-state index >= 15 is 0 Å². The maximum absolute atomic E-state index is 13.9. The minimum absolute atomic E-state index is 0.100. The second-order valence-electron chi connectivity index (χ2n) is 6.27. The van der Waals surface area contributed by atoms with Gasteiger partial charge in [-0.05, 0) is 32.4 Å². The van der Waals surface area contributed by atoms with Crippen molar-refractivity contribution in [2.75, 3.05) is 19.6 Å². The smallest absolute Gasteiger partial charge is 0.246 e. The highest BCUT2D eigenvalue weighted by atomic mass is 32.2. The molecule has 0 N–H and O–H groups in total. The minimum atomic E-state index is -4.21. The first-order chi connectivity index (χ1) is 10.8. The molecule has 1 aromatic carbocycles. The molecule has 0 amide bonds. The fraction of sp³-hybridized carbons (Fsp3) is 0.600. The standard InChI is InChI=1S/C15H19F3N2O2S/c1-10-8-19-5-3-2-4-11(19)9-20(10)23(21,22)15-7-13(17)12(16)6-14(15)18/h6-7,10-11H,2-5,8-9H2,1H3/t10-,11-/m0/s1. The van der Waals surface area contributed by atoms with Crippen LogP contribution in [-0.4, -0.2) is 49.3 Å². The van der Waals surface area contributed by atoms with E-state index in [4.69, 9.17) is 0 Å². The number of piperidine rings is 1. The zero-order chi connectivity index (χ0) is 16.8. The highest BCUT2D eigenvalue weighted by Crippen LogP contribution is 2.30. The summed E-state index contributed by atoms with van der Waals surface area (Å²) < 4.78 is 67.1. The van der Waals surface area contributed by atoms with E-state index in [2.05, 4.69) is 4.90 Å². The van der Waals surface area contributed by atoms with Gasteiger partial charge < -0.3 is 0 Å². The number of hydrogen-bond acceptors (Lipinski definition) is 3. The van der Waals surface area contributed by atoms with Crippen molar-refractivity contribution < 1.29 is 21.6 Å². The van der Waals surface area contributed by atoms with Gasteiger partial charge in [0.15, 0.2) is 11.6 Å². The Morgan fingerprint density at radius 1 is 1.04 bits per heavy atom. The molecule has 128 valence electrons. The fourth-order valence-electron chi connectivity index (χ4n) is 3.49. The van der Waals surface area contributed by atoms with Gasteiger partial charge in [0.25, 0.3) is 0 Å². The molecule has 2 aliphatic heterocycles. The maximum Gasteiger partial charge on any atom is 0.246 e. The average molecular weight is 348 g/mol. The number of rotatable bonds is 2. The minimum Gasteiger partial charge on any atom is -0.297 e. The summed E-state index contributed by atoms with van der Waals surface area (Å²) in [6.45, 7) is 3.50. The highest BCUT2D eigenvalue weighted by Gasteiger charge is 2.40. The number of nitrogens with zero attached hydrogens (tertiary/aromatic N) is 2. The van der Waals surface area contributed by atoms with Crippen LogP contribution in [0.25, 0.3) is 0 Å². The molecule has 2 saturated heterocycles. The van der Waals surface area contributed by atoms with E-state index in [1.807, 2.05) is 0 Å². The topological polar surface area (TPSA) is 40.6 Å². The van der Waals surface area contributed by atoms with Gasteiger partial charge in [-0.15, -0.1) is 0 Å². The van der Waals surface area contributed by atoms with Gasteiger partial charge in [0.2, 0.25) is 10.0 Å². The Bertz CT molecular complexity index is 711. The number of halogens is 3. The molecule has 0 bridgehead atoms. The first-order valence-corrected chi connectivity index (χ1v) is 9.15. The molecule has 2 heterocycles. The first kappa shape index (κ1) is 16.7. The van der Waals surface area contributed by atoms with Crippen LogP contribution in [-0.2, 0) is 10.0 Å². The van der Waals surface area contributed by atoms with E-state index in [0.29, 0.717) is 12.6 Å². The van der Waals surface area contributed by atoms with E-state index in [-0.39, 0.29) is 24.7 Å². The van der Waals surface area contributed by atoms with Gasteiger partial charge in [0.05, 0.1) is 0 Å². The van der Waals surface area contributed by atoms with Crippen molar-refractivity contribution in [2.45, 2.75) is 43.2 Å². The van der Waals surface area contributed by atoms with E-state index in [1.54, 1.807) is 6.92 Å². The highest BCUT2D eigenvalue weighted by molar-refractivity contribution is 7.89. The molecule has 0 saturated carbocycles. The Hall–Kier alpha value is -1.12. The zero-order valence-corrected chi connectivity index (χ0v) is 13.6. The van der Waals surface area contributed by atoms with Crippen molar-refractivity contribution in [1.29, 1.82) is 0 Å². The summed E-state index contributed by atoms with van der Waals surface area (Å²) in [6, 6.07) is 0.467. The van der Waals surface area contributed by atoms with E-state index in [9.17, 15) is 21.6 Å². The van der Waals surface area contributed by atoms with Crippen molar-refractivity contribution in [3.05, 3.63) is 29.6 Å². The fourth-order valence-corrected chi connectivity index (χ4v) is 5.21. The van der Waals surface area contributed by atoms with Crippen LogP contribution in [0.5, 0.6) is 0 Å². The molecule has 2 fully saturated rings. The molecule has 0 aliphatic carbocycles. The summed E-state index contributed by atoms with van der Waals surface area (Å²) in [6.07, 6.45) is 3.01. The van der Waals surface area contributed by atoms with E-state index in [0.717, 1.165) is 25.8 Å². The van der Waals surface area contributed by atoms with Crippen molar-refractivity contribution >= 4 is 10.0 Å². The lowest BCUT2D eigenvalue weighted by atomic mass is 9.99. The Labute approximate surface area is 133 Å². The van der Waals surface area contributed by atoms with E-state index in [1.165, 1.54) is 4.31 Å². The summed E-state index contributed by atoms with van der Waals surface area (Å²) in [4.78, 5) is 1.45. The Kier molecular flexibility index (Phi) is 4.41. The maximum atomic E-state index is 13.9. The molecule has 2 atom stereocenters. The second-order valence-corrected chi connectivity index (χ2v) is 8.12. The zero-order valence-electron chi connectivity index (χ0n) is 12.8. The molecule has 0 spiro atoms. The van der Waals surface area contributed by atoms with Crippen LogP contribution in [0.3, 0.4) is 0 Å². The molecule has 4 nitrogen and oxygen atoms in total. The third-order valence-corrected chi connectivity index (χ3v) is 6.69. The summed E-state index contributed by atoms with van der Waals surface area (Å²) in [5.41, 5.74) is 0. The van der Waals surface area contributed by atoms with Crippen LogP contribution in [0, 0.1) is 17.5 Å². The largest absolute Gasteiger partial charge is 0.297 e. The van der Waals surface area contributed by atoms with Gasteiger partial charge in [-0.3, -0.25) is 4.90 Å². The number of sulfonamides is 1. The summed E-state index contributed by atoms with van der Waals surface area (Å²) in [5, 5.41) is 0. The Morgan fingerprint density at radius 2 is 1.74 bits per heavy atom. The molecular formula is C15H19F3N2O2S. The molecule has 0 unspecified atom stereocenters. The lowest BCUT2D eigenvalue weighted by Gasteiger charge is -2.46. The molecule has 3 rings (SSSR count). The molecular weight excluding hydrogens is 329 g/mol. The van der Waals surface area contributed by atoms with Crippen LogP contribution < -0.4 is 0 Å². The van der Waals surface area contributed by atoms with E-state index < -0.39 is 32.4 Å². The number of benzene rings is 1. The number of fused-ring (bicyclic) bond motifs is 1. The van der Waals surface area contributed by atoms with Gasteiger partial charge in [0.1, 0.15) is 10.7 Å². The van der Waals surface area contributed by atoms with Crippen LogP contribution in [0.15, 0.2) is 17.0 Å². The Balaban J connectivity index is 1.94. The molecule has 8 heteroatoms. The molecule has 0 aromatic heterocycles. The normalized spacial score (nSPS) is 27.0. The van der Waals surface area contributed by atoms with Gasteiger partial charge in [-0.2, -0.15) is 4.31 Å². The van der Waals surface area contributed by atoms with Crippen LogP contribution in [0.2, 0.25) is 0 Å². The predicted molar refractivity (Wildman–Crippen MR) is 78.9 cm³/mol. The van der Waals surface area contributed by atoms with Crippen LogP contribution in [0.1, 0.15) is 26.2 Å². The third kappa shape index (κ3) is 2.99. The Morgan fingerprint density at radius 3 is 2.48 bits per heavy atom. The van der Waals surface area contributed by atoms with Crippen LogP contribution in [0.4, 0.5) is 13.2 Å². The summed E-state index contributed by atoms with van der Waals surface area (Å²) in [5.74, 6) is -4.03. The molecule has 23 heavy (non-hydrogen) atoms. The van der Waals surface area contributed by atoms with Crippen molar-refractivity contribution in [3.8, 4) is 0 Å². The predicted octanol–water partition coefficient (Wildman–Crippen LogP) is 2.35. The van der Waals surface area contributed by atoms with Crippen molar-refractivity contribution in [2.24, 2.45) is 0 Å². The monoisotopic (exact) mass is 348 g/mol. The molecule has 2 aliphatic rings. The van der Waals surface area contributed by atoms with Gasteiger partial charge in [0, 0.05) is 31.2 Å².